The van der Waals surface area contributed by atoms with Crippen molar-refractivity contribution in [3.8, 4) is 0 Å². The third-order valence-corrected chi connectivity index (χ3v) is 4.21. The molecule has 1 heterocycles. The van der Waals surface area contributed by atoms with Gasteiger partial charge in [0.05, 0.1) is 11.9 Å². The van der Waals surface area contributed by atoms with Gasteiger partial charge >= 0.3 is 0 Å². The van der Waals surface area contributed by atoms with E-state index in [2.05, 4.69) is 36.1 Å². The Hall–Kier alpha value is -1.45. The van der Waals surface area contributed by atoms with Crippen molar-refractivity contribution in [2.45, 2.75) is 59.4 Å². The Morgan fingerprint density at radius 1 is 1.20 bits per heavy atom. The zero-order chi connectivity index (χ0) is 14.8. The van der Waals surface area contributed by atoms with E-state index in [1.807, 2.05) is 6.92 Å². The summed E-state index contributed by atoms with van der Waals surface area (Å²) < 4.78 is 0. The minimum Gasteiger partial charge on any atom is -0.348 e. The monoisotopic (exact) mass is 275 g/mol. The smallest absolute Gasteiger partial charge is 0.271 e. The van der Waals surface area contributed by atoms with Crippen molar-refractivity contribution >= 4 is 5.91 Å². The fraction of sp³-hybridized carbons (Fsp3) is 0.688. The second-order valence-electron chi connectivity index (χ2n) is 6.88. The largest absolute Gasteiger partial charge is 0.348 e. The van der Waals surface area contributed by atoms with Crippen LogP contribution in [0.4, 0.5) is 0 Å². The lowest BCUT2D eigenvalue weighted by atomic mass is 9.69. The van der Waals surface area contributed by atoms with Crippen LogP contribution in [0, 0.1) is 18.3 Å². The molecule has 0 saturated heterocycles. The molecule has 1 aliphatic rings. The fourth-order valence-electron chi connectivity index (χ4n) is 3.09. The summed E-state index contributed by atoms with van der Waals surface area (Å²) in [5.41, 5.74) is 1.46. The van der Waals surface area contributed by atoms with Crippen LogP contribution in [-0.4, -0.2) is 21.9 Å². The summed E-state index contributed by atoms with van der Waals surface area (Å²) in [5.74, 6) is 0.428. The number of carbonyl (C=O) groups is 1. The van der Waals surface area contributed by atoms with E-state index in [9.17, 15) is 4.79 Å². The Bertz CT molecular complexity index is 462. The highest BCUT2D eigenvalue weighted by Crippen LogP contribution is 2.38. The lowest BCUT2D eigenvalue weighted by Gasteiger charge is -2.40. The number of rotatable bonds is 2. The van der Waals surface area contributed by atoms with E-state index in [1.54, 1.807) is 12.4 Å². The van der Waals surface area contributed by atoms with E-state index in [4.69, 9.17) is 0 Å². The second-order valence-corrected chi connectivity index (χ2v) is 6.88. The minimum absolute atomic E-state index is 0.0985. The van der Waals surface area contributed by atoms with E-state index in [0.717, 1.165) is 12.1 Å². The summed E-state index contributed by atoms with van der Waals surface area (Å²) in [6.07, 6.45) is 7.90. The van der Waals surface area contributed by atoms with Crippen LogP contribution in [0.2, 0.25) is 0 Å². The first-order chi connectivity index (χ1) is 9.38. The Balaban J connectivity index is 2.07. The van der Waals surface area contributed by atoms with Crippen LogP contribution >= 0.6 is 0 Å². The third-order valence-electron chi connectivity index (χ3n) is 4.21. The summed E-state index contributed by atoms with van der Waals surface area (Å²) in [6.45, 7) is 8.64. The lowest BCUT2D eigenvalue weighted by molar-refractivity contribution is 0.0825. The highest BCUT2D eigenvalue weighted by atomic mass is 16.1. The Kier molecular flexibility index (Phi) is 4.41. The van der Waals surface area contributed by atoms with Crippen molar-refractivity contribution in [2.24, 2.45) is 11.3 Å². The van der Waals surface area contributed by atoms with Gasteiger partial charge in [-0.2, -0.15) is 0 Å². The maximum absolute atomic E-state index is 12.3. The third kappa shape index (κ3) is 3.56. The van der Waals surface area contributed by atoms with Gasteiger partial charge in [0.1, 0.15) is 5.69 Å². The number of aryl methyl sites for hydroxylation is 1. The molecule has 1 aromatic heterocycles. The lowest BCUT2D eigenvalue weighted by Crippen LogP contribution is -2.46. The molecule has 1 aromatic rings. The summed E-state index contributed by atoms with van der Waals surface area (Å²) >= 11 is 0. The van der Waals surface area contributed by atoms with Gasteiger partial charge in [0.2, 0.25) is 0 Å². The van der Waals surface area contributed by atoms with E-state index >= 15 is 0 Å². The standard InChI is InChI=1S/C16H25N3O/c1-11-9-18-14(10-17-11)15(20)19-13-8-6-5-7-12(13)16(2,3)4/h9-10,12-13H,5-8H2,1-4H3,(H,19,20). The molecule has 1 fully saturated rings. The predicted molar refractivity (Wildman–Crippen MR) is 79.4 cm³/mol. The molecule has 2 unspecified atom stereocenters. The summed E-state index contributed by atoms with van der Waals surface area (Å²) in [7, 11) is 0. The van der Waals surface area contributed by atoms with Crippen LogP contribution in [0.25, 0.3) is 0 Å². The first-order valence-corrected chi connectivity index (χ1v) is 7.47. The molecule has 1 aliphatic carbocycles. The molecule has 2 rings (SSSR count). The average Bonchev–Trinajstić information content (AvgIpc) is 2.38. The van der Waals surface area contributed by atoms with Gasteiger partial charge in [-0.05, 0) is 31.1 Å². The molecule has 0 bridgehead atoms. The maximum Gasteiger partial charge on any atom is 0.271 e. The van der Waals surface area contributed by atoms with Gasteiger partial charge < -0.3 is 5.32 Å². The molecule has 110 valence electrons. The summed E-state index contributed by atoms with van der Waals surface area (Å²) in [4.78, 5) is 20.6. The van der Waals surface area contributed by atoms with Gasteiger partial charge in [-0.15, -0.1) is 0 Å². The topological polar surface area (TPSA) is 54.9 Å². The van der Waals surface area contributed by atoms with E-state index < -0.39 is 0 Å². The number of hydrogen-bond acceptors (Lipinski definition) is 3. The molecule has 1 saturated carbocycles. The molecule has 4 heteroatoms. The van der Waals surface area contributed by atoms with E-state index in [0.29, 0.717) is 11.6 Å². The van der Waals surface area contributed by atoms with Crippen LogP contribution < -0.4 is 5.32 Å². The number of aromatic nitrogens is 2. The first kappa shape index (κ1) is 14.9. The molecule has 0 radical (unpaired) electrons. The normalized spacial score (nSPS) is 23.4. The SMILES string of the molecule is Cc1cnc(C(=O)NC2CCCCC2C(C)(C)C)cn1. The van der Waals surface area contributed by atoms with Crippen LogP contribution in [-0.2, 0) is 0 Å². The van der Waals surface area contributed by atoms with Crippen molar-refractivity contribution in [1.82, 2.24) is 15.3 Å². The first-order valence-electron chi connectivity index (χ1n) is 7.47. The summed E-state index contributed by atoms with van der Waals surface area (Å²) in [5, 5.41) is 3.17. The van der Waals surface area contributed by atoms with E-state index in [1.165, 1.54) is 19.3 Å². The van der Waals surface area contributed by atoms with Crippen LogP contribution in [0.1, 0.15) is 62.6 Å². The number of nitrogens with zero attached hydrogens (tertiary/aromatic N) is 2. The predicted octanol–water partition coefficient (Wildman–Crippen LogP) is 3.12. The molecule has 1 N–H and O–H groups in total. The minimum atomic E-state index is -0.0985. The van der Waals surface area contributed by atoms with Crippen LogP contribution in [0.3, 0.4) is 0 Å². The molecule has 0 aliphatic heterocycles. The van der Waals surface area contributed by atoms with Crippen molar-refractivity contribution < 1.29 is 4.79 Å². The van der Waals surface area contributed by atoms with Crippen LogP contribution in [0.15, 0.2) is 12.4 Å². The molecular weight excluding hydrogens is 250 g/mol. The summed E-state index contributed by atoms with van der Waals surface area (Å²) in [6, 6.07) is 0.249. The van der Waals surface area contributed by atoms with Crippen LogP contribution in [0.5, 0.6) is 0 Å². The highest BCUT2D eigenvalue weighted by Gasteiger charge is 2.35. The Morgan fingerprint density at radius 3 is 2.50 bits per heavy atom. The van der Waals surface area contributed by atoms with Crippen molar-refractivity contribution in [3.63, 3.8) is 0 Å². The van der Waals surface area contributed by atoms with Gasteiger partial charge in [-0.3, -0.25) is 9.78 Å². The molecule has 0 spiro atoms. The zero-order valence-corrected chi connectivity index (χ0v) is 12.9. The van der Waals surface area contributed by atoms with Gasteiger partial charge in [0.15, 0.2) is 0 Å². The Labute approximate surface area is 121 Å². The number of hydrogen-bond donors (Lipinski definition) is 1. The van der Waals surface area contributed by atoms with E-state index in [-0.39, 0.29) is 17.4 Å². The maximum atomic E-state index is 12.3. The number of carbonyl (C=O) groups excluding carboxylic acids is 1. The number of nitrogens with one attached hydrogen (secondary N) is 1. The highest BCUT2D eigenvalue weighted by molar-refractivity contribution is 5.92. The van der Waals surface area contributed by atoms with Gasteiger partial charge in [0, 0.05) is 12.2 Å². The molecule has 2 atom stereocenters. The van der Waals surface area contributed by atoms with Gasteiger partial charge in [0.25, 0.3) is 5.91 Å². The van der Waals surface area contributed by atoms with Crippen molar-refractivity contribution in [3.05, 3.63) is 23.8 Å². The fourth-order valence-corrected chi connectivity index (χ4v) is 3.09. The number of amides is 1. The zero-order valence-electron chi connectivity index (χ0n) is 12.9. The molecule has 0 aromatic carbocycles. The molecule has 4 nitrogen and oxygen atoms in total. The molecule has 20 heavy (non-hydrogen) atoms. The quantitative estimate of drug-likeness (QED) is 0.902. The Morgan fingerprint density at radius 2 is 1.90 bits per heavy atom. The van der Waals surface area contributed by atoms with Crippen molar-refractivity contribution in [2.75, 3.05) is 0 Å². The van der Waals surface area contributed by atoms with Gasteiger partial charge in [-0.25, -0.2) is 4.98 Å². The van der Waals surface area contributed by atoms with Crippen molar-refractivity contribution in [1.29, 1.82) is 0 Å². The average molecular weight is 275 g/mol. The second kappa shape index (κ2) is 5.90. The molecule has 1 amide bonds. The molecular formula is C16H25N3O. The van der Waals surface area contributed by atoms with Gasteiger partial charge in [-0.1, -0.05) is 33.6 Å².